The van der Waals surface area contributed by atoms with Gasteiger partial charge in [0, 0.05) is 0 Å². The van der Waals surface area contributed by atoms with Gasteiger partial charge < -0.3 is 10.2 Å². The minimum Gasteiger partial charge on any atom is -0.504 e. The smallest absolute Gasteiger partial charge is 0.282 e. The maximum atomic E-state index is 12.5. The second-order valence-electron chi connectivity index (χ2n) is 5.66. The molecule has 1 heterocycles. The molecular weight excluding hydrogens is 308 g/mol. The molecule has 1 aliphatic rings. The van der Waals surface area contributed by atoms with Crippen molar-refractivity contribution in [1.82, 2.24) is 5.43 Å². The molecule has 2 amide bonds. The zero-order valence-corrected chi connectivity index (χ0v) is 13.2. The van der Waals surface area contributed by atoms with Crippen molar-refractivity contribution in [2.24, 2.45) is 0 Å². The second kappa shape index (κ2) is 5.73. The number of anilines is 1. The number of rotatable bonds is 2. The van der Waals surface area contributed by atoms with Gasteiger partial charge in [-0.15, -0.1) is 0 Å². The van der Waals surface area contributed by atoms with E-state index in [9.17, 15) is 19.8 Å². The third-order valence-electron chi connectivity index (χ3n) is 3.95. The van der Waals surface area contributed by atoms with Crippen LogP contribution in [-0.2, 0) is 9.59 Å². The van der Waals surface area contributed by atoms with Gasteiger partial charge >= 0.3 is 0 Å². The highest BCUT2D eigenvalue weighted by Crippen LogP contribution is 2.28. The maximum Gasteiger partial charge on any atom is 0.282 e. The van der Waals surface area contributed by atoms with Crippen LogP contribution in [0, 0.1) is 13.8 Å². The minimum atomic E-state index is -0.522. The molecule has 3 N–H and O–H groups in total. The third-order valence-corrected chi connectivity index (χ3v) is 3.95. The Kier molecular flexibility index (Phi) is 3.73. The molecule has 24 heavy (non-hydrogen) atoms. The van der Waals surface area contributed by atoms with Crippen molar-refractivity contribution in [3.8, 4) is 11.5 Å². The predicted octanol–water partition coefficient (Wildman–Crippen LogP) is 2.18. The first-order chi connectivity index (χ1) is 11.4. The SMILES string of the molecule is Cc1ccc(N2NC(=O)/C(=C/c3ccc(O)c(O)c3)C2=O)cc1C. The van der Waals surface area contributed by atoms with Crippen molar-refractivity contribution in [1.29, 1.82) is 0 Å². The van der Waals surface area contributed by atoms with Crippen LogP contribution in [0.15, 0.2) is 42.0 Å². The van der Waals surface area contributed by atoms with Crippen molar-refractivity contribution in [3.05, 3.63) is 58.7 Å². The fourth-order valence-corrected chi connectivity index (χ4v) is 2.40. The number of hydrazine groups is 1. The maximum absolute atomic E-state index is 12.5. The highest BCUT2D eigenvalue weighted by molar-refractivity contribution is 6.31. The van der Waals surface area contributed by atoms with E-state index in [1.165, 1.54) is 29.3 Å². The van der Waals surface area contributed by atoms with Gasteiger partial charge in [0.2, 0.25) is 0 Å². The van der Waals surface area contributed by atoms with E-state index < -0.39 is 11.8 Å². The quantitative estimate of drug-likeness (QED) is 0.449. The molecular formula is C18H16N2O4. The topological polar surface area (TPSA) is 89.9 Å². The lowest BCUT2D eigenvalue weighted by atomic mass is 10.1. The average molecular weight is 324 g/mol. The number of nitrogens with zero attached hydrogens (tertiary/aromatic N) is 1. The van der Waals surface area contributed by atoms with Gasteiger partial charge in [0.1, 0.15) is 5.57 Å². The van der Waals surface area contributed by atoms with Gasteiger partial charge in [0.25, 0.3) is 11.8 Å². The number of nitrogens with one attached hydrogen (secondary N) is 1. The number of phenols is 2. The lowest BCUT2D eigenvalue weighted by Crippen LogP contribution is -2.35. The monoisotopic (exact) mass is 324 g/mol. The van der Waals surface area contributed by atoms with Crippen LogP contribution in [0.25, 0.3) is 6.08 Å². The summed E-state index contributed by atoms with van der Waals surface area (Å²) < 4.78 is 0. The number of amides is 2. The molecule has 1 saturated heterocycles. The molecule has 0 unspecified atom stereocenters. The number of phenolic OH excluding ortho intramolecular Hbond substituents is 2. The molecule has 0 radical (unpaired) electrons. The number of hydrogen-bond acceptors (Lipinski definition) is 4. The van der Waals surface area contributed by atoms with Gasteiger partial charge in [0.15, 0.2) is 11.5 Å². The summed E-state index contributed by atoms with van der Waals surface area (Å²) in [6, 6.07) is 9.53. The zero-order chi connectivity index (χ0) is 17.4. The van der Waals surface area contributed by atoms with E-state index in [1.807, 2.05) is 26.0 Å². The summed E-state index contributed by atoms with van der Waals surface area (Å²) in [5.41, 5.74) is 5.60. The second-order valence-corrected chi connectivity index (χ2v) is 5.66. The van der Waals surface area contributed by atoms with Gasteiger partial charge in [-0.3, -0.25) is 15.0 Å². The number of carbonyl (C=O) groups is 2. The Morgan fingerprint density at radius 1 is 0.958 bits per heavy atom. The summed E-state index contributed by atoms with van der Waals surface area (Å²) in [4.78, 5) is 24.7. The standard InChI is InChI=1S/C18H16N2O4/c1-10-3-5-13(7-11(10)2)20-18(24)14(17(23)19-20)8-12-4-6-15(21)16(22)9-12/h3-9,21-22H,1-2H3,(H,19,23)/b14-8-. The molecule has 6 heteroatoms. The van der Waals surface area contributed by atoms with E-state index in [-0.39, 0.29) is 17.1 Å². The van der Waals surface area contributed by atoms with E-state index in [4.69, 9.17) is 0 Å². The summed E-state index contributed by atoms with van der Waals surface area (Å²) in [6.07, 6.45) is 1.37. The van der Waals surface area contributed by atoms with Gasteiger partial charge in [-0.1, -0.05) is 12.1 Å². The van der Waals surface area contributed by atoms with Crippen molar-refractivity contribution in [2.75, 3.05) is 5.01 Å². The summed E-state index contributed by atoms with van der Waals surface area (Å²) in [7, 11) is 0. The minimum absolute atomic E-state index is 0.0432. The first-order valence-corrected chi connectivity index (χ1v) is 7.33. The Balaban J connectivity index is 1.95. The summed E-state index contributed by atoms with van der Waals surface area (Å²) in [5, 5.41) is 20.0. The normalized spacial score (nSPS) is 15.9. The lowest BCUT2D eigenvalue weighted by Gasteiger charge is -2.15. The van der Waals surface area contributed by atoms with Crippen LogP contribution >= 0.6 is 0 Å². The van der Waals surface area contributed by atoms with Crippen LogP contribution in [0.3, 0.4) is 0 Å². The van der Waals surface area contributed by atoms with Crippen molar-refractivity contribution in [2.45, 2.75) is 13.8 Å². The highest BCUT2D eigenvalue weighted by Gasteiger charge is 2.34. The Bertz CT molecular complexity index is 887. The zero-order valence-electron chi connectivity index (χ0n) is 13.2. The lowest BCUT2D eigenvalue weighted by molar-refractivity contribution is -0.117. The van der Waals surface area contributed by atoms with Crippen LogP contribution in [-0.4, -0.2) is 22.0 Å². The summed E-state index contributed by atoms with van der Waals surface area (Å²) in [5.74, 6) is -1.58. The Morgan fingerprint density at radius 2 is 1.71 bits per heavy atom. The van der Waals surface area contributed by atoms with Crippen LogP contribution in [0.2, 0.25) is 0 Å². The van der Waals surface area contributed by atoms with Crippen molar-refractivity contribution in [3.63, 3.8) is 0 Å². The molecule has 2 aromatic carbocycles. The van der Waals surface area contributed by atoms with E-state index >= 15 is 0 Å². The average Bonchev–Trinajstić information content (AvgIpc) is 2.82. The van der Waals surface area contributed by atoms with Gasteiger partial charge in [-0.25, -0.2) is 5.01 Å². The fourth-order valence-electron chi connectivity index (χ4n) is 2.40. The molecule has 0 aliphatic carbocycles. The first kappa shape index (κ1) is 15.6. The predicted molar refractivity (Wildman–Crippen MR) is 89.3 cm³/mol. The van der Waals surface area contributed by atoms with Crippen LogP contribution in [0.4, 0.5) is 5.69 Å². The Labute approximate surface area is 138 Å². The van der Waals surface area contributed by atoms with Gasteiger partial charge in [-0.2, -0.15) is 0 Å². The van der Waals surface area contributed by atoms with Gasteiger partial charge in [-0.05, 0) is 60.9 Å². The number of benzene rings is 2. The number of carbonyl (C=O) groups excluding carboxylic acids is 2. The molecule has 0 spiro atoms. The molecule has 0 aromatic heterocycles. The van der Waals surface area contributed by atoms with Gasteiger partial charge in [0.05, 0.1) is 5.69 Å². The molecule has 122 valence electrons. The number of aromatic hydroxyl groups is 2. The largest absolute Gasteiger partial charge is 0.504 e. The van der Waals surface area contributed by atoms with Crippen LogP contribution in [0.1, 0.15) is 16.7 Å². The van der Waals surface area contributed by atoms with E-state index in [0.29, 0.717) is 11.3 Å². The molecule has 0 bridgehead atoms. The summed E-state index contributed by atoms with van der Waals surface area (Å²) >= 11 is 0. The van der Waals surface area contributed by atoms with Crippen LogP contribution < -0.4 is 10.4 Å². The molecule has 1 fully saturated rings. The number of hydrogen-bond donors (Lipinski definition) is 3. The fraction of sp³-hybridized carbons (Fsp3) is 0.111. The summed E-state index contributed by atoms with van der Waals surface area (Å²) in [6.45, 7) is 3.89. The first-order valence-electron chi connectivity index (χ1n) is 7.33. The Hall–Kier alpha value is -3.28. The third kappa shape index (κ3) is 2.69. The molecule has 2 aromatic rings. The highest BCUT2D eigenvalue weighted by atomic mass is 16.3. The molecule has 3 rings (SSSR count). The van der Waals surface area contributed by atoms with Crippen molar-refractivity contribution < 1.29 is 19.8 Å². The molecule has 1 aliphatic heterocycles. The van der Waals surface area contributed by atoms with E-state index in [0.717, 1.165) is 11.1 Å². The molecule has 6 nitrogen and oxygen atoms in total. The molecule has 0 saturated carbocycles. The Morgan fingerprint density at radius 3 is 2.38 bits per heavy atom. The molecule has 0 atom stereocenters. The number of aryl methyl sites for hydroxylation is 2. The van der Waals surface area contributed by atoms with Crippen LogP contribution in [0.5, 0.6) is 11.5 Å². The van der Waals surface area contributed by atoms with Crippen molar-refractivity contribution >= 4 is 23.6 Å². The van der Waals surface area contributed by atoms with E-state index in [2.05, 4.69) is 5.43 Å². The van der Waals surface area contributed by atoms with E-state index in [1.54, 1.807) is 6.07 Å².